The molecule has 3 nitrogen and oxygen atoms in total. The predicted molar refractivity (Wildman–Crippen MR) is 80.8 cm³/mol. The summed E-state index contributed by atoms with van der Waals surface area (Å²) in [7, 11) is 2.04. The first-order valence-electron chi connectivity index (χ1n) is 7.42. The summed E-state index contributed by atoms with van der Waals surface area (Å²) in [6, 6.07) is 0.370. The van der Waals surface area contributed by atoms with Gasteiger partial charge in [0.2, 0.25) is 0 Å². The number of rotatable bonds is 4. The number of aromatic nitrogens is 2. The third-order valence-corrected chi connectivity index (χ3v) is 4.64. The standard InChI is InChI=1S/C15H26ClN3/c1-10(2)19-15(14(16)9-18-19)13-7-11(3)5-6-12(13)8-17-4/h9-13,17H,5-8H2,1-4H3. The average molecular weight is 284 g/mol. The van der Waals surface area contributed by atoms with Gasteiger partial charge in [0, 0.05) is 12.0 Å². The highest BCUT2D eigenvalue weighted by Crippen LogP contribution is 2.43. The molecule has 1 aromatic rings. The first-order chi connectivity index (χ1) is 9.04. The number of hydrogen-bond donors (Lipinski definition) is 1. The maximum atomic E-state index is 6.43. The zero-order chi connectivity index (χ0) is 14.0. The van der Waals surface area contributed by atoms with Gasteiger partial charge in [0.1, 0.15) is 0 Å². The molecule has 1 fully saturated rings. The number of hydrogen-bond acceptors (Lipinski definition) is 2. The van der Waals surface area contributed by atoms with E-state index in [0.29, 0.717) is 17.9 Å². The smallest absolute Gasteiger partial charge is 0.0820 e. The highest BCUT2D eigenvalue weighted by molar-refractivity contribution is 6.31. The lowest BCUT2D eigenvalue weighted by Gasteiger charge is -2.36. The highest BCUT2D eigenvalue weighted by atomic mass is 35.5. The third-order valence-electron chi connectivity index (χ3n) is 4.35. The van der Waals surface area contributed by atoms with Crippen LogP contribution in [0.15, 0.2) is 6.20 Å². The van der Waals surface area contributed by atoms with Crippen LogP contribution >= 0.6 is 11.6 Å². The summed E-state index contributed by atoms with van der Waals surface area (Å²) in [4.78, 5) is 0. The number of halogens is 1. The molecule has 1 saturated carbocycles. The minimum atomic E-state index is 0.370. The van der Waals surface area contributed by atoms with Gasteiger partial charge in [-0.25, -0.2) is 0 Å². The molecule has 2 rings (SSSR count). The van der Waals surface area contributed by atoms with Crippen LogP contribution < -0.4 is 5.32 Å². The molecular weight excluding hydrogens is 258 g/mol. The van der Waals surface area contributed by atoms with Gasteiger partial charge in [0.25, 0.3) is 0 Å². The van der Waals surface area contributed by atoms with Crippen molar-refractivity contribution in [1.82, 2.24) is 15.1 Å². The van der Waals surface area contributed by atoms with Crippen molar-refractivity contribution in [3.8, 4) is 0 Å². The first-order valence-corrected chi connectivity index (χ1v) is 7.79. The lowest BCUT2D eigenvalue weighted by Crippen LogP contribution is -2.31. The van der Waals surface area contributed by atoms with E-state index >= 15 is 0 Å². The zero-order valence-electron chi connectivity index (χ0n) is 12.5. The molecule has 1 N–H and O–H groups in total. The average Bonchev–Trinajstić information content (AvgIpc) is 2.74. The van der Waals surface area contributed by atoms with E-state index in [-0.39, 0.29) is 0 Å². The fourth-order valence-electron chi connectivity index (χ4n) is 3.39. The Labute approximate surface area is 121 Å². The van der Waals surface area contributed by atoms with Crippen LogP contribution in [0.1, 0.15) is 57.7 Å². The summed E-state index contributed by atoms with van der Waals surface area (Å²) in [5.41, 5.74) is 1.25. The molecule has 0 amide bonds. The minimum absolute atomic E-state index is 0.370. The van der Waals surface area contributed by atoms with Crippen molar-refractivity contribution >= 4 is 11.6 Å². The molecule has 4 heteroatoms. The highest BCUT2D eigenvalue weighted by Gasteiger charge is 2.33. The Kier molecular flexibility index (Phi) is 4.91. The molecule has 0 aromatic carbocycles. The van der Waals surface area contributed by atoms with E-state index in [0.717, 1.165) is 17.5 Å². The maximum absolute atomic E-state index is 6.43. The lowest BCUT2D eigenvalue weighted by atomic mass is 9.73. The Balaban J connectivity index is 2.33. The van der Waals surface area contributed by atoms with Crippen LogP contribution in [-0.2, 0) is 0 Å². The largest absolute Gasteiger partial charge is 0.319 e. The van der Waals surface area contributed by atoms with Gasteiger partial charge in [-0.05, 0) is 52.1 Å². The van der Waals surface area contributed by atoms with Gasteiger partial charge >= 0.3 is 0 Å². The SMILES string of the molecule is CNCC1CCC(C)CC1c1c(Cl)cnn1C(C)C. The summed E-state index contributed by atoms with van der Waals surface area (Å²) in [6.45, 7) is 7.77. The fraction of sp³-hybridized carbons (Fsp3) is 0.800. The van der Waals surface area contributed by atoms with E-state index < -0.39 is 0 Å². The molecule has 0 radical (unpaired) electrons. The molecule has 108 valence electrons. The third kappa shape index (κ3) is 3.14. The van der Waals surface area contributed by atoms with E-state index in [1.165, 1.54) is 25.0 Å². The molecule has 1 aromatic heterocycles. The molecule has 19 heavy (non-hydrogen) atoms. The van der Waals surface area contributed by atoms with Crippen molar-refractivity contribution in [1.29, 1.82) is 0 Å². The van der Waals surface area contributed by atoms with Gasteiger partial charge in [-0.15, -0.1) is 0 Å². The molecule has 0 aliphatic heterocycles. The number of nitrogens with one attached hydrogen (secondary N) is 1. The normalized spacial score (nSPS) is 28.0. The van der Waals surface area contributed by atoms with Crippen LogP contribution in [0, 0.1) is 11.8 Å². The second-order valence-corrected chi connectivity index (χ2v) is 6.67. The van der Waals surface area contributed by atoms with Crippen LogP contribution in [0.5, 0.6) is 0 Å². The fourth-order valence-corrected chi connectivity index (χ4v) is 3.66. The molecule has 0 spiro atoms. The molecule has 0 saturated heterocycles. The van der Waals surface area contributed by atoms with Gasteiger partial charge in [-0.2, -0.15) is 5.10 Å². The minimum Gasteiger partial charge on any atom is -0.319 e. The first kappa shape index (κ1) is 14.9. The topological polar surface area (TPSA) is 29.9 Å². The van der Waals surface area contributed by atoms with Crippen molar-refractivity contribution in [3.05, 3.63) is 16.9 Å². The summed E-state index contributed by atoms with van der Waals surface area (Å²) in [5.74, 6) is 1.99. The Morgan fingerprint density at radius 1 is 1.47 bits per heavy atom. The molecule has 1 heterocycles. The molecule has 3 unspecified atom stereocenters. The summed E-state index contributed by atoms with van der Waals surface area (Å²) in [6.07, 6.45) is 5.65. The number of nitrogens with zero attached hydrogens (tertiary/aromatic N) is 2. The van der Waals surface area contributed by atoms with E-state index in [1.54, 1.807) is 0 Å². The van der Waals surface area contributed by atoms with Crippen LogP contribution in [0.4, 0.5) is 0 Å². The lowest BCUT2D eigenvalue weighted by molar-refractivity contribution is 0.233. The van der Waals surface area contributed by atoms with Crippen molar-refractivity contribution < 1.29 is 0 Å². The summed E-state index contributed by atoms with van der Waals surface area (Å²) in [5, 5.41) is 8.66. The van der Waals surface area contributed by atoms with Gasteiger partial charge in [-0.1, -0.05) is 24.9 Å². The van der Waals surface area contributed by atoms with Gasteiger partial charge in [0.15, 0.2) is 0 Å². The predicted octanol–water partition coefficient (Wildman–Crippen LogP) is 3.86. The van der Waals surface area contributed by atoms with E-state index in [4.69, 9.17) is 11.6 Å². The Morgan fingerprint density at radius 3 is 2.84 bits per heavy atom. The zero-order valence-corrected chi connectivity index (χ0v) is 13.2. The maximum Gasteiger partial charge on any atom is 0.0820 e. The summed E-state index contributed by atoms with van der Waals surface area (Å²) < 4.78 is 2.12. The second-order valence-electron chi connectivity index (χ2n) is 6.26. The molecular formula is C15H26ClN3. The van der Waals surface area contributed by atoms with Gasteiger partial charge < -0.3 is 5.32 Å². The molecule has 1 aliphatic carbocycles. The van der Waals surface area contributed by atoms with Crippen molar-refractivity contribution in [3.63, 3.8) is 0 Å². The Hall–Kier alpha value is -0.540. The monoisotopic (exact) mass is 283 g/mol. The Morgan fingerprint density at radius 2 is 2.21 bits per heavy atom. The van der Waals surface area contributed by atoms with Crippen LogP contribution in [0.2, 0.25) is 5.02 Å². The van der Waals surface area contributed by atoms with Crippen molar-refractivity contribution in [2.24, 2.45) is 11.8 Å². The van der Waals surface area contributed by atoms with E-state index in [2.05, 4.69) is 35.9 Å². The quantitative estimate of drug-likeness (QED) is 0.909. The Bertz CT molecular complexity index is 414. The van der Waals surface area contributed by atoms with E-state index in [9.17, 15) is 0 Å². The van der Waals surface area contributed by atoms with Crippen molar-refractivity contribution in [2.75, 3.05) is 13.6 Å². The van der Waals surface area contributed by atoms with Gasteiger partial charge in [-0.3, -0.25) is 4.68 Å². The molecule has 1 aliphatic rings. The van der Waals surface area contributed by atoms with Crippen LogP contribution in [0.25, 0.3) is 0 Å². The summed E-state index contributed by atoms with van der Waals surface area (Å²) >= 11 is 6.43. The van der Waals surface area contributed by atoms with E-state index in [1.807, 2.05) is 13.2 Å². The van der Waals surface area contributed by atoms with Crippen LogP contribution in [-0.4, -0.2) is 23.4 Å². The second kappa shape index (κ2) is 6.27. The van der Waals surface area contributed by atoms with Crippen molar-refractivity contribution in [2.45, 2.75) is 52.0 Å². The van der Waals surface area contributed by atoms with Crippen LogP contribution in [0.3, 0.4) is 0 Å². The molecule has 3 atom stereocenters. The van der Waals surface area contributed by atoms with Gasteiger partial charge in [0.05, 0.1) is 16.9 Å². The molecule has 0 bridgehead atoms.